The molecule has 0 saturated carbocycles. The summed E-state index contributed by atoms with van der Waals surface area (Å²) in [4.78, 5) is 16.4. The van der Waals surface area contributed by atoms with Crippen molar-refractivity contribution < 1.29 is 4.79 Å². The molecule has 1 aromatic carbocycles. The van der Waals surface area contributed by atoms with E-state index in [1.807, 2.05) is 12.1 Å². The molecule has 4 nitrogen and oxygen atoms in total. The number of fused-ring (bicyclic) bond motifs is 2. The molecule has 4 heteroatoms. The van der Waals surface area contributed by atoms with Gasteiger partial charge in [-0.1, -0.05) is 6.07 Å². The van der Waals surface area contributed by atoms with Crippen molar-refractivity contribution in [1.82, 2.24) is 10.3 Å². The highest BCUT2D eigenvalue weighted by Gasteiger charge is 2.22. The van der Waals surface area contributed by atoms with E-state index in [0.717, 1.165) is 43.8 Å². The smallest absolute Gasteiger partial charge is 0.248 e. The zero-order chi connectivity index (χ0) is 16.5. The van der Waals surface area contributed by atoms with E-state index < -0.39 is 0 Å². The van der Waals surface area contributed by atoms with Crippen LogP contribution in [0.25, 0.3) is 10.9 Å². The summed E-state index contributed by atoms with van der Waals surface area (Å²) in [5, 5.41) is 4.68. The van der Waals surface area contributed by atoms with Gasteiger partial charge in [0.2, 0.25) is 5.91 Å². The SMILES string of the molecule is NC(=O)c1ccc2c(CC3CCNCC3)c3c(nc2c1)CCCC3. The molecule has 0 spiro atoms. The molecular weight excluding hydrogens is 298 g/mol. The number of nitrogens with two attached hydrogens (primary N) is 1. The van der Waals surface area contributed by atoms with Crippen molar-refractivity contribution in [2.24, 2.45) is 11.7 Å². The zero-order valence-corrected chi connectivity index (χ0v) is 14.1. The van der Waals surface area contributed by atoms with Crippen molar-refractivity contribution in [3.8, 4) is 0 Å². The number of hydrogen-bond donors (Lipinski definition) is 2. The van der Waals surface area contributed by atoms with Crippen molar-refractivity contribution in [3.63, 3.8) is 0 Å². The lowest BCUT2D eigenvalue weighted by atomic mass is 9.83. The Balaban J connectivity index is 1.82. The van der Waals surface area contributed by atoms with E-state index in [2.05, 4.69) is 11.4 Å². The summed E-state index contributed by atoms with van der Waals surface area (Å²) < 4.78 is 0. The fraction of sp³-hybridized carbons (Fsp3) is 0.500. The number of primary amides is 1. The standard InChI is InChI=1S/C20H25N3O/c21-20(24)14-5-6-16-17(11-13-7-9-22-10-8-13)15-3-1-2-4-18(15)23-19(16)12-14/h5-6,12-13,22H,1-4,7-11H2,(H2,21,24). The van der Waals surface area contributed by atoms with Crippen LogP contribution in [0.1, 0.15) is 52.9 Å². The summed E-state index contributed by atoms with van der Waals surface area (Å²) >= 11 is 0. The third-order valence-electron chi connectivity index (χ3n) is 5.62. The van der Waals surface area contributed by atoms with Crippen LogP contribution < -0.4 is 11.1 Å². The van der Waals surface area contributed by atoms with Gasteiger partial charge in [-0.3, -0.25) is 9.78 Å². The lowest BCUT2D eigenvalue weighted by Gasteiger charge is -2.26. The minimum absolute atomic E-state index is 0.378. The Morgan fingerprint density at radius 1 is 1.21 bits per heavy atom. The van der Waals surface area contributed by atoms with Gasteiger partial charge in [0.15, 0.2) is 0 Å². The van der Waals surface area contributed by atoms with E-state index in [-0.39, 0.29) is 5.91 Å². The molecule has 1 amide bonds. The maximum atomic E-state index is 11.5. The van der Waals surface area contributed by atoms with Gasteiger partial charge in [-0.05, 0) is 87.2 Å². The van der Waals surface area contributed by atoms with E-state index in [1.165, 1.54) is 47.9 Å². The highest BCUT2D eigenvalue weighted by Crippen LogP contribution is 2.32. The van der Waals surface area contributed by atoms with Crippen molar-refractivity contribution in [2.75, 3.05) is 13.1 Å². The molecule has 0 radical (unpaired) electrons. The molecular formula is C20H25N3O. The normalized spacial score (nSPS) is 18.5. The Morgan fingerprint density at radius 3 is 2.79 bits per heavy atom. The number of amides is 1. The van der Waals surface area contributed by atoms with Gasteiger partial charge < -0.3 is 11.1 Å². The van der Waals surface area contributed by atoms with Crippen molar-refractivity contribution in [2.45, 2.75) is 44.9 Å². The lowest BCUT2D eigenvalue weighted by molar-refractivity contribution is 0.100. The number of benzene rings is 1. The Labute approximate surface area is 142 Å². The quantitative estimate of drug-likeness (QED) is 0.912. The number of pyridine rings is 1. The third-order valence-corrected chi connectivity index (χ3v) is 5.62. The van der Waals surface area contributed by atoms with Crippen molar-refractivity contribution in [3.05, 3.63) is 40.6 Å². The monoisotopic (exact) mass is 323 g/mol. The second-order valence-corrected chi connectivity index (χ2v) is 7.22. The van der Waals surface area contributed by atoms with Crippen LogP contribution in [0.2, 0.25) is 0 Å². The molecule has 2 aliphatic rings. The van der Waals surface area contributed by atoms with Gasteiger partial charge in [0.25, 0.3) is 0 Å². The number of aryl methyl sites for hydroxylation is 1. The van der Waals surface area contributed by atoms with Crippen LogP contribution in [0.3, 0.4) is 0 Å². The number of nitrogens with zero attached hydrogens (tertiary/aromatic N) is 1. The third kappa shape index (κ3) is 2.91. The molecule has 4 rings (SSSR count). The van der Waals surface area contributed by atoms with Crippen LogP contribution in [0, 0.1) is 5.92 Å². The molecule has 24 heavy (non-hydrogen) atoms. The Bertz CT molecular complexity index is 778. The van der Waals surface area contributed by atoms with E-state index >= 15 is 0 Å². The van der Waals surface area contributed by atoms with Gasteiger partial charge in [0, 0.05) is 16.6 Å². The first-order valence-corrected chi connectivity index (χ1v) is 9.17. The number of piperidine rings is 1. The summed E-state index contributed by atoms with van der Waals surface area (Å²) in [6.45, 7) is 2.25. The Morgan fingerprint density at radius 2 is 2.00 bits per heavy atom. The molecule has 1 aliphatic heterocycles. The largest absolute Gasteiger partial charge is 0.366 e. The molecule has 1 aromatic heterocycles. The molecule has 1 fully saturated rings. The van der Waals surface area contributed by atoms with Gasteiger partial charge in [0.1, 0.15) is 0 Å². The number of aromatic nitrogens is 1. The average Bonchev–Trinajstić information content (AvgIpc) is 2.62. The number of nitrogens with one attached hydrogen (secondary N) is 1. The fourth-order valence-corrected chi connectivity index (χ4v) is 4.29. The molecule has 1 aliphatic carbocycles. The number of rotatable bonds is 3. The predicted molar refractivity (Wildman–Crippen MR) is 96.2 cm³/mol. The molecule has 126 valence electrons. The van der Waals surface area contributed by atoms with Gasteiger partial charge in [-0.2, -0.15) is 0 Å². The van der Waals surface area contributed by atoms with Gasteiger partial charge in [-0.15, -0.1) is 0 Å². The minimum atomic E-state index is -0.378. The number of hydrogen-bond acceptors (Lipinski definition) is 3. The molecule has 2 aromatic rings. The lowest BCUT2D eigenvalue weighted by Crippen LogP contribution is -2.29. The summed E-state index contributed by atoms with van der Waals surface area (Å²) in [6.07, 6.45) is 8.32. The predicted octanol–water partition coefficient (Wildman–Crippen LogP) is 2.75. The molecule has 0 atom stereocenters. The molecule has 0 bridgehead atoms. The van der Waals surface area contributed by atoms with Gasteiger partial charge in [0.05, 0.1) is 5.52 Å². The number of carbonyl (C=O) groups excluding carboxylic acids is 1. The molecule has 1 saturated heterocycles. The minimum Gasteiger partial charge on any atom is -0.366 e. The summed E-state index contributed by atoms with van der Waals surface area (Å²) in [6, 6.07) is 5.79. The van der Waals surface area contributed by atoms with Gasteiger partial charge >= 0.3 is 0 Å². The van der Waals surface area contributed by atoms with Gasteiger partial charge in [-0.25, -0.2) is 0 Å². The van der Waals surface area contributed by atoms with Crippen LogP contribution in [0.15, 0.2) is 18.2 Å². The van der Waals surface area contributed by atoms with E-state index in [4.69, 9.17) is 10.7 Å². The maximum Gasteiger partial charge on any atom is 0.248 e. The molecule has 3 N–H and O–H groups in total. The first-order valence-electron chi connectivity index (χ1n) is 9.17. The van der Waals surface area contributed by atoms with Crippen LogP contribution in [-0.2, 0) is 19.3 Å². The van der Waals surface area contributed by atoms with Crippen molar-refractivity contribution >= 4 is 16.8 Å². The van der Waals surface area contributed by atoms with E-state index in [1.54, 1.807) is 0 Å². The van der Waals surface area contributed by atoms with E-state index in [0.29, 0.717) is 5.56 Å². The fourth-order valence-electron chi connectivity index (χ4n) is 4.29. The second-order valence-electron chi connectivity index (χ2n) is 7.22. The first kappa shape index (κ1) is 15.6. The summed E-state index contributed by atoms with van der Waals surface area (Å²) in [7, 11) is 0. The van der Waals surface area contributed by atoms with Crippen molar-refractivity contribution in [1.29, 1.82) is 0 Å². The van der Waals surface area contributed by atoms with Crippen LogP contribution in [0.4, 0.5) is 0 Å². The second kappa shape index (κ2) is 6.52. The van der Waals surface area contributed by atoms with Crippen LogP contribution in [-0.4, -0.2) is 24.0 Å². The highest BCUT2D eigenvalue weighted by molar-refractivity contribution is 5.97. The Kier molecular flexibility index (Phi) is 4.23. The topological polar surface area (TPSA) is 68.0 Å². The highest BCUT2D eigenvalue weighted by atomic mass is 16.1. The maximum absolute atomic E-state index is 11.5. The number of carbonyl (C=O) groups is 1. The molecule has 2 heterocycles. The first-order chi connectivity index (χ1) is 11.7. The summed E-state index contributed by atoms with van der Waals surface area (Å²) in [5.74, 6) is 0.370. The van der Waals surface area contributed by atoms with Crippen LogP contribution in [0.5, 0.6) is 0 Å². The Hall–Kier alpha value is -1.94. The van der Waals surface area contributed by atoms with Crippen LogP contribution >= 0.6 is 0 Å². The van der Waals surface area contributed by atoms with E-state index in [9.17, 15) is 4.79 Å². The zero-order valence-electron chi connectivity index (χ0n) is 14.1. The molecule has 0 unspecified atom stereocenters. The summed E-state index contributed by atoms with van der Waals surface area (Å²) in [5.41, 5.74) is 11.2. The average molecular weight is 323 g/mol.